The summed E-state index contributed by atoms with van der Waals surface area (Å²) >= 11 is 0. The van der Waals surface area contributed by atoms with Crippen LogP contribution in [0.25, 0.3) is 0 Å². The molecule has 0 amide bonds. The van der Waals surface area contributed by atoms with Crippen LogP contribution in [0.1, 0.15) is 58.3 Å². The standard InChI is InChI=1S/C15H24O2/c1-14-12-10-8-6-4-2-3-5-7-9-11-13-15(16)17-14/h8,10-11,13-14H,2-7,9,12H2,1H3/b10-8-,13-11-. The lowest BCUT2D eigenvalue weighted by molar-refractivity contribution is -0.141. The molecule has 0 spiro atoms. The molecule has 1 heterocycles. The molecule has 1 aliphatic heterocycles. The van der Waals surface area contributed by atoms with Gasteiger partial charge in [0.2, 0.25) is 0 Å². The fourth-order valence-corrected chi connectivity index (χ4v) is 1.93. The summed E-state index contributed by atoms with van der Waals surface area (Å²) in [7, 11) is 0. The number of ether oxygens (including phenoxy) is 1. The molecular weight excluding hydrogens is 212 g/mol. The van der Waals surface area contributed by atoms with E-state index < -0.39 is 0 Å². The van der Waals surface area contributed by atoms with E-state index in [4.69, 9.17) is 4.74 Å². The zero-order chi connectivity index (χ0) is 12.3. The zero-order valence-corrected chi connectivity index (χ0v) is 10.9. The highest BCUT2D eigenvalue weighted by Crippen LogP contribution is 2.09. The Hall–Kier alpha value is -1.05. The Morgan fingerprint density at radius 1 is 1.00 bits per heavy atom. The zero-order valence-electron chi connectivity index (χ0n) is 10.9. The lowest BCUT2D eigenvalue weighted by atomic mass is 10.1. The smallest absolute Gasteiger partial charge is 0.330 e. The molecule has 0 aliphatic carbocycles. The molecule has 2 heteroatoms. The van der Waals surface area contributed by atoms with Gasteiger partial charge in [-0.15, -0.1) is 0 Å². The first-order valence-electron chi connectivity index (χ1n) is 6.81. The van der Waals surface area contributed by atoms with Crippen molar-refractivity contribution >= 4 is 5.97 Å². The lowest BCUT2D eigenvalue weighted by Gasteiger charge is -2.08. The van der Waals surface area contributed by atoms with Gasteiger partial charge in [-0.1, -0.05) is 37.5 Å². The maximum absolute atomic E-state index is 11.4. The van der Waals surface area contributed by atoms with Crippen molar-refractivity contribution < 1.29 is 9.53 Å². The van der Waals surface area contributed by atoms with E-state index in [1.807, 2.05) is 13.0 Å². The van der Waals surface area contributed by atoms with Crippen molar-refractivity contribution in [2.45, 2.75) is 64.4 Å². The van der Waals surface area contributed by atoms with E-state index in [2.05, 4.69) is 12.2 Å². The molecule has 2 nitrogen and oxygen atoms in total. The van der Waals surface area contributed by atoms with E-state index in [9.17, 15) is 4.79 Å². The number of hydrogen-bond acceptors (Lipinski definition) is 2. The predicted octanol–water partition coefficient (Wildman–Crippen LogP) is 4.16. The summed E-state index contributed by atoms with van der Waals surface area (Å²) < 4.78 is 5.25. The number of hydrogen-bond donors (Lipinski definition) is 0. The molecule has 0 saturated carbocycles. The van der Waals surface area contributed by atoms with Gasteiger partial charge in [0.15, 0.2) is 0 Å². The first-order valence-corrected chi connectivity index (χ1v) is 6.81. The summed E-state index contributed by atoms with van der Waals surface area (Å²) in [6.45, 7) is 1.94. The Morgan fingerprint density at radius 2 is 1.65 bits per heavy atom. The van der Waals surface area contributed by atoms with Crippen molar-refractivity contribution in [1.29, 1.82) is 0 Å². The molecule has 0 N–H and O–H groups in total. The van der Waals surface area contributed by atoms with Gasteiger partial charge in [0.25, 0.3) is 0 Å². The summed E-state index contributed by atoms with van der Waals surface area (Å²) in [5.74, 6) is -0.208. The molecule has 1 rings (SSSR count). The van der Waals surface area contributed by atoms with Crippen LogP contribution in [0.5, 0.6) is 0 Å². The van der Waals surface area contributed by atoms with Crippen molar-refractivity contribution in [2.24, 2.45) is 0 Å². The Bertz CT molecular complexity index is 266. The second-order valence-electron chi connectivity index (χ2n) is 4.70. The van der Waals surface area contributed by atoms with Gasteiger partial charge in [-0.2, -0.15) is 0 Å². The van der Waals surface area contributed by atoms with E-state index in [1.165, 1.54) is 32.1 Å². The topological polar surface area (TPSA) is 26.3 Å². The fourth-order valence-electron chi connectivity index (χ4n) is 1.93. The molecule has 17 heavy (non-hydrogen) atoms. The van der Waals surface area contributed by atoms with E-state index >= 15 is 0 Å². The SMILES string of the molecule is CC1C/C=C\CCCCCCC/C=C\C(=O)O1. The normalized spacial score (nSPS) is 28.5. The molecular formula is C15H24O2. The minimum Gasteiger partial charge on any atom is -0.459 e. The number of allylic oxidation sites excluding steroid dienone is 2. The highest BCUT2D eigenvalue weighted by Gasteiger charge is 2.04. The predicted molar refractivity (Wildman–Crippen MR) is 70.8 cm³/mol. The van der Waals surface area contributed by atoms with Crippen LogP contribution >= 0.6 is 0 Å². The van der Waals surface area contributed by atoms with Gasteiger partial charge in [-0.25, -0.2) is 4.79 Å². The monoisotopic (exact) mass is 236 g/mol. The van der Waals surface area contributed by atoms with Gasteiger partial charge in [0.05, 0.1) is 0 Å². The average molecular weight is 236 g/mol. The molecule has 0 radical (unpaired) electrons. The molecule has 1 atom stereocenters. The summed E-state index contributed by atoms with van der Waals surface area (Å²) in [5, 5.41) is 0. The van der Waals surface area contributed by atoms with E-state index in [1.54, 1.807) is 6.08 Å². The first kappa shape index (κ1) is 14.0. The molecule has 0 bridgehead atoms. The Balaban J connectivity index is 2.39. The van der Waals surface area contributed by atoms with Crippen LogP contribution in [-0.4, -0.2) is 12.1 Å². The molecule has 0 aromatic rings. The van der Waals surface area contributed by atoms with Gasteiger partial charge >= 0.3 is 5.97 Å². The minimum absolute atomic E-state index is 0.0199. The third kappa shape index (κ3) is 7.78. The molecule has 0 fully saturated rings. The van der Waals surface area contributed by atoms with Crippen LogP contribution in [0.15, 0.2) is 24.3 Å². The molecule has 1 unspecified atom stereocenters. The molecule has 0 aromatic carbocycles. The van der Waals surface area contributed by atoms with Crippen molar-refractivity contribution in [3.8, 4) is 0 Å². The summed E-state index contributed by atoms with van der Waals surface area (Å²) in [4.78, 5) is 11.4. The Labute approximate surface area is 105 Å². The van der Waals surface area contributed by atoms with Gasteiger partial charge in [0, 0.05) is 12.5 Å². The number of carbonyl (C=O) groups excluding carboxylic acids is 1. The molecule has 0 saturated heterocycles. The average Bonchev–Trinajstić information content (AvgIpc) is 2.30. The Morgan fingerprint density at radius 3 is 2.41 bits per heavy atom. The van der Waals surface area contributed by atoms with Gasteiger partial charge in [0.1, 0.15) is 6.10 Å². The molecule has 1 aliphatic rings. The second-order valence-corrected chi connectivity index (χ2v) is 4.70. The number of rotatable bonds is 0. The quantitative estimate of drug-likeness (QED) is 0.466. The van der Waals surface area contributed by atoms with Crippen LogP contribution in [-0.2, 0) is 9.53 Å². The van der Waals surface area contributed by atoms with E-state index in [0.29, 0.717) is 0 Å². The summed E-state index contributed by atoms with van der Waals surface area (Å²) in [6, 6.07) is 0. The van der Waals surface area contributed by atoms with Crippen molar-refractivity contribution in [3.63, 3.8) is 0 Å². The van der Waals surface area contributed by atoms with Gasteiger partial charge in [-0.05, 0) is 32.6 Å². The maximum atomic E-state index is 11.4. The maximum Gasteiger partial charge on any atom is 0.330 e. The third-order valence-corrected chi connectivity index (χ3v) is 2.95. The summed E-state index contributed by atoms with van der Waals surface area (Å²) in [6.07, 6.45) is 17.1. The van der Waals surface area contributed by atoms with Gasteiger partial charge < -0.3 is 4.74 Å². The van der Waals surface area contributed by atoms with Crippen molar-refractivity contribution in [1.82, 2.24) is 0 Å². The van der Waals surface area contributed by atoms with Crippen LogP contribution in [0.4, 0.5) is 0 Å². The number of cyclic esters (lactones) is 1. The molecule has 0 aromatic heterocycles. The second kappa shape index (κ2) is 9.03. The number of esters is 1. The van der Waals surface area contributed by atoms with E-state index in [-0.39, 0.29) is 12.1 Å². The van der Waals surface area contributed by atoms with Crippen molar-refractivity contribution in [2.75, 3.05) is 0 Å². The largest absolute Gasteiger partial charge is 0.459 e. The van der Waals surface area contributed by atoms with Crippen LogP contribution in [0.3, 0.4) is 0 Å². The lowest BCUT2D eigenvalue weighted by Crippen LogP contribution is -2.11. The summed E-state index contributed by atoms with van der Waals surface area (Å²) in [5.41, 5.74) is 0. The molecule has 96 valence electrons. The van der Waals surface area contributed by atoms with Gasteiger partial charge in [-0.3, -0.25) is 0 Å². The van der Waals surface area contributed by atoms with Crippen molar-refractivity contribution in [3.05, 3.63) is 24.3 Å². The van der Waals surface area contributed by atoms with Crippen LogP contribution in [0, 0.1) is 0 Å². The first-order chi connectivity index (χ1) is 8.29. The van der Waals surface area contributed by atoms with Crippen LogP contribution < -0.4 is 0 Å². The Kier molecular flexibility index (Phi) is 7.44. The van der Waals surface area contributed by atoms with E-state index in [0.717, 1.165) is 19.3 Å². The highest BCUT2D eigenvalue weighted by molar-refractivity contribution is 5.81. The number of carbonyl (C=O) groups is 1. The fraction of sp³-hybridized carbons (Fsp3) is 0.667. The van der Waals surface area contributed by atoms with Crippen LogP contribution in [0.2, 0.25) is 0 Å². The highest BCUT2D eigenvalue weighted by atomic mass is 16.5. The minimum atomic E-state index is -0.208. The third-order valence-electron chi connectivity index (χ3n) is 2.95.